The molecule has 3 heterocycles. The first-order valence-electron chi connectivity index (χ1n) is 18.7. The number of fused-ring (bicyclic) bond motifs is 6. The van der Waals surface area contributed by atoms with Gasteiger partial charge in [0.15, 0.2) is 17.5 Å². The molecule has 262 valence electrons. The molecule has 5 heteroatoms. The van der Waals surface area contributed by atoms with Gasteiger partial charge in [-0.3, -0.25) is 0 Å². The summed E-state index contributed by atoms with van der Waals surface area (Å²) in [4.78, 5) is 15.2. The van der Waals surface area contributed by atoms with Gasteiger partial charge in [0.1, 0.15) is 11.2 Å². The van der Waals surface area contributed by atoms with Crippen molar-refractivity contribution in [3.63, 3.8) is 0 Å². The lowest BCUT2D eigenvalue weighted by Crippen LogP contribution is -2.00. The van der Waals surface area contributed by atoms with Crippen LogP contribution >= 0.6 is 11.3 Å². The van der Waals surface area contributed by atoms with E-state index < -0.39 is 0 Å². The Labute approximate surface area is 327 Å². The summed E-state index contributed by atoms with van der Waals surface area (Å²) < 4.78 is 9.21. The fraction of sp³-hybridized carbons (Fsp3) is 0. The van der Waals surface area contributed by atoms with Crippen LogP contribution in [0.15, 0.2) is 192 Å². The van der Waals surface area contributed by atoms with Gasteiger partial charge in [-0.2, -0.15) is 0 Å². The summed E-state index contributed by atoms with van der Waals surface area (Å²) in [6.07, 6.45) is 0. The van der Waals surface area contributed by atoms with Gasteiger partial charge in [0.2, 0.25) is 0 Å². The van der Waals surface area contributed by atoms with Gasteiger partial charge in [-0.25, -0.2) is 15.0 Å². The van der Waals surface area contributed by atoms with E-state index in [9.17, 15) is 0 Å². The molecule has 0 saturated carbocycles. The summed E-state index contributed by atoms with van der Waals surface area (Å²) in [5.74, 6) is 1.84. The third kappa shape index (κ3) is 5.48. The van der Waals surface area contributed by atoms with Crippen LogP contribution in [0.5, 0.6) is 0 Å². The van der Waals surface area contributed by atoms with E-state index in [0.717, 1.165) is 49.8 Å². The molecule has 11 rings (SSSR count). The lowest BCUT2D eigenvalue weighted by molar-refractivity contribution is 0.669. The van der Waals surface area contributed by atoms with Crippen LogP contribution in [-0.4, -0.2) is 15.0 Å². The van der Waals surface area contributed by atoms with Crippen molar-refractivity contribution >= 4 is 53.4 Å². The van der Waals surface area contributed by atoms with Gasteiger partial charge in [-0.1, -0.05) is 164 Å². The van der Waals surface area contributed by atoms with Crippen molar-refractivity contribution < 1.29 is 4.42 Å². The first kappa shape index (κ1) is 32.2. The number of hydrogen-bond acceptors (Lipinski definition) is 5. The van der Waals surface area contributed by atoms with Crippen LogP contribution in [0.4, 0.5) is 0 Å². The smallest absolute Gasteiger partial charge is 0.164 e. The molecule has 0 unspecified atom stereocenters. The largest absolute Gasteiger partial charge is 0.456 e. The molecule has 0 N–H and O–H groups in total. The predicted molar refractivity (Wildman–Crippen MR) is 233 cm³/mol. The molecular formula is C51H31N3OS. The minimum Gasteiger partial charge on any atom is -0.456 e. The van der Waals surface area contributed by atoms with Crippen molar-refractivity contribution in [1.29, 1.82) is 0 Å². The highest BCUT2D eigenvalue weighted by Gasteiger charge is 2.20. The highest BCUT2D eigenvalue weighted by atomic mass is 32.1. The summed E-state index contributed by atoms with van der Waals surface area (Å²) >= 11 is 1.85. The molecule has 0 fully saturated rings. The maximum atomic E-state index is 6.66. The van der Waals surface area contributed by atoms with Gasteiger partial charge >= 0.3 is 0 Å². The van der Waals surface area contributed by atoms with E-state index in [-0.39, 0.29) is 0 Å². The van der Waals surface area contributed by atoms with Crippen molar-refractivity contribution in [3.8, 4) is 67.5 Å². The SMILES string of the molecule is c1ccc(-c2ccc(-c3nc(-c4ccccc4)nc(-c4cccc5oc6cc(-c7ccc(-c8ccccc8)c8c7sc7ccccc78)ccc6c45)n3)cc2)cc1. The van der Waals surface area contributed by atoms with Crippen molar-refractivity contribution in [2.45, 2.75) is 0 Å². The minimum absolute atomic E-state index is 0.599. The second-order valence-electron chi connectivity index (χ2n) is 13.9. The third-order valence-electron chi connectivity index (χ3n) is 10.6. The average molecular weight is 734 g/mol. The topological polar surface area (TPSA) is 51.8 Å². The molecule has 8 aromatic carbocycles. The number of furan rings is 1. The van der Waals surface area contributed by atoms with Crippen LogP contribution in [0, 0.1) is 0 Å². The Morgan fingerprint density at radius 2 is 0.911 bits per heavy atom. The lowest BCUT2D eigenvalue weighted by atomic mass is 9.94. The highest BCUT2D eigenvalue weighted by Crippen LogP contribution is 2.46. The van der Waals surface area contributed by atoms with E-state index in [1.54, 1.807) is 0 Å². The molecule has 11 aromatic rings. The molecule has 0 saturated heterocycles. The van der Waals surface area contributed by atoms with E-state index in [2.05, 4.69) is 140 Å². The zero-order valence-corrected chi connectivity index (χ0v) is 30.9. The Bertz CT molecular complexity index is 3230. The first-order chi connectivity index (χ1) is 27.7. The number of benzene rings is 8. The molecule has 0 radical (unpaired) electrons. The number of thiophene rings is 1. The molecule has 0 amide bonds. The minimum atomic E-state index is 0.599. The van der Waals surface area contributed by atoms with Crippen LogP contribution in [0.2, 0.25) is 0 Å². The number of hydrogen-bond donors (Lipinski definition) is 0. The van der Waals surface area contributed by atoms with Crippen LogP contribution in [-0.2, 0) is 0 Å². The molecular weight excluding hydrogens is 703 g/mol. The zero-order chi connectivity index (χ0) is 37.0. The second kappa shape index (κ2) is 13.3. The number of aromatic nitrogens is 3. The number of nitrogens with zero attached hydrogens (tertiary/aromatic N) is 3. The molecule has 4 nitrogen and oxygen atoms in total. The van der Waals surface area contributed by atoms with E-state index in [1.165, 1.54) is 42.4 Å². The molecule has 3 aromatic heterocycles. The van der Waals surface area contributed by atoms with E-state index >= 15 is 0 Å². The van der Waals surface area contributed by atoms with Crippen molar-refractivity contribution in [2.75, 3.05) is 0 Å². The summed E-state index contributed by atoms with van der Waals surface area (Å²) in [5, 5.41) is 4.57. The van der Waals surface area contributed by atoms with Gasteiger partial charge in [0.25, 0.3) is 0 Å². The van der Waals surface area contributed by atoms with Crippen LogP contribution < -0.4 is 0 Å². The van der Waals surface area contributed by atoms with Crippen LogP contribution in [0.1, 0.15) is 0 Å². The summed E-state index contributed by atoms with van der Waals surface area (Å²) in [5.41, 5.74) is 11.4. The first-order valence-corrected chi connectivity index (χ1v) is 19.5. The normalized spacial score (nSPS) is 11.6. The fourth-order valence-corrected chi connectivity index (χ4v) is 9.14. The maximum Gasteiger partial charge on any atom is 0.164 e. The van der Waals surface area contributed by atoms with E-state index in [0.29, 0.717) is 17.5 Å². The molecule has 0 aliphatic rings. The standard InChI is InChI=1S/C51H31N3OS/c1-4-13-32(14-5-1)33-23-25-36(26-24-33)50-52-49(35-17-8-3-9-18-35)53-51(54-50)42-20-12-21-43-46(42)40-28-27-37(31-44(40)55-43)39-30-29-38(34-15-6-2-7-16-34)47-41-19-10-11-22-45(41)56-48(39)47/h1-31H. The van der Waals surface area contributed by atoms with Gasteiger partial charge < -0.3 is 4.42 Å². The van der Waals surface area contributed by atoms with E-state index in [4.69, 9.17) is 19.4 Å². The van der Waals surface area contributed by atoms with Gasteiger partial charge in [0, 0.05) is 47.6 Å². The van der Waals surface area contributed by atoms with Crippen molar-refractivity contribution in [3.05, 3.63) is 188 Å². The molecule has 0 atom stereocenters. The van der Waals surface area contributed by atoms with Crippen LogP contribution in [0.25, 0.3) is 110 Å². The molecule has 0 bridgehead atoms. The fourth-order valence-electron chi connectivity index (χ4n) is 7.88. The highest BCUT2D eigenvalue weighted by molar-refractivity contribution is 7.26. The summed E-state index contributed by atoms with van der Waals surface area (Å²) in [6.45, 7) is 0. The molecule has 0 aliphatic carbocycles. The van der Waals surface area contributed by atoms with Crippen molar-refractivity contribution in [2.24, 2.45) is 0 Å². The van der Waals surface area contributed by atoms with E-state index in [1.807, 2.05) is 59.9 Å². The summed E-state index contributed by atoms with van der Waals surface area (Å²) in [6, 6.07) is 65.6. The monoisotopic (exact) mass is 733 g/mol. The summed E-state index contributed by atoms with van der Waals surface area (Å²) in [7, 11) is 0. The Balaban J connectivity index is 1.06. The Hall–Kier alpha value is -7.21. The second-order valence-corrected chi connectivity index (χ2v) is 15.0. The van der Waals surface area contributed by atoms with Crippen molar-refractivity contribution in [1.82, 2.24) is 15.0 Å². The Morgan fingerprint density at radius 1 is 0.339 bits per heavy atom. The average Bonchev–Trinajstić information content (AvgIpc) is 3.86. The third-order valence-corrected chi connectivity index (χ3v) is 11.8. The predicted octanol–water partition coefficient (Wildman–Crippen LogP) is 14.1. The van der Waals surface area contributed by atoms with Crippen LogP contribution in [0.3, 0.4) is 0 Å². The lowest BCUT2D eigenvalue weighted by Gasteiger charge is -2.10. The molecule has 0 spiro atoms. The molecule has 0 aliphatic heterocycles. The Kier molecular flexibility index (Phi) is 7.64. The zero-order valence-electron chi connectivity index (χ0n) is 30.1. The van der Waals surface area contributed by atoms with Gasteiger partial charge in [-0.15, -0.1) is 11.3 Å². The Morgan fingerprint density at radius 3 is 1.66 bits per heavy atom. The number of rotatable bonds is 6. The molecule has 56 heavy (non-hydrogen) atoms. The van der Waals surface area contributed by atoms with Gasteiger partial charge in [-0.05, 0) is 57.6 Å². The van der Waals surface area contributed by atoms with Gasteiger partial charge in [0.05, 0.1) is 0 Å². The maximum absolute atomic E-state index is 6.66. The quantitative estimate of drug-likeness (QED) is 0.171.